The minimum Gasteiger partial charge on any atom is -0.481 e. The van der Waals surface area contributed by atoms with Crippen LogP contribution >= 0.6 is 0 Å². The number of carbonyl (C=O) groups excluding carboxylic acids is 3. The van der Waals surface area contributed by atoms with Crippen LogP contribution in [-0.4, -0.2) is 85.7 Å². The van der Waals surface area contributed by atoms with Crippen molar-refractivity contribution in [3.05, 3.63) is 18.2 Å². The highest BCUT2D eigenvalue weighted by molar-refractivity contribution is 5.94. The molecule has 1 heterocycles. The Kier molecular flexibility index (Phi) is 11.7. The molecule has 0 aliphatic carbocycles. The zero-order valence-electron chi connectivity index (χ0n) is 19.0. The Morgan fingerprint density at radius 2 is 1.59 bits per heavy atom. The van der Waals surface area contributed by atoms with Crippen LogP contribution in [0.25, 0.3) is 0 Å². The number of H-pyrrole nitrogens is 1. The van der Waals surface area contributed by atoms with E-state index in [2.05, 4.69) is 25.9 Å². The third-order valence-electron chi connectivity index (χ3n) is 4.76. The van der Waals surface area contributed by atoms with E-state index in [1.54, 1.807) is 13.8 Å². The van der Waals surface area contributed by atoms with Gasteiger partial charge in [-0.1, -0.05) is 13.8 Å². The number of aromatic nitrogens is 2. The number of carboxylic acid groups (broad SMARTS) is 2. The maximum Gasteiger partial charge on any atom is 0.326 e. The number of nitrogens with one attached hydrogen (secondary N) is 4. The highest BCUT2D eigenvalue weighted by Gasteiger charge is 2.30. The first-order chi connectivity index (χ1) is 15.9. The molecule has 0 aromatic carbocycles. The van der Waals surface area contributed by atoms with Gasteiger partial charge in [0.25, 0.3) is 0 Å². The second-order valence-corrected chi connectivity index (χ2v) is 8.15. The molecule has 0 bridgehead atoms. The molecule has 1 aromatic rings. The summed E-state index contributed by atoms with van der Waals surface area (Å²) in [4.78, 5) is 66.5. The molecule has 4 unspecified atom stereocenters. The summed E-state index contributed by atoms with van der Waals surface area (Å²) in [5, 5.41) is 34.7. The van der Waals surface area contributed by atoms with E-state index in [1.807, 2.05) is 0 Å². The number of carbonyl (C=O) groups is 5. The molecule has 0 saturated heterocycles. The highest BCUT2D eigenvalue weighted by atomic mass is 16.4. The van der Waals surface area contributed by atoms with Crippen LogP contribution in [0, 0.1) is 5.92 Å². The SMILES string of the molecule is CC(C)CC(NC(=O)C(Cc1cnc[nH]1)NC(=O)C(CO)NC(=O)C(N)CCC(=O)O)C(=O)O. The van der Waals surface area contributed by atoms with Gasteiger partial charge in [0, 0.05) is 24.7 Å². The molecule has 1 aromatic heterocycles. The molecule has 0 spiro atoms. The number of aliphatic carboxylic acids is 2. The molecule has 0 fully saturated rings. The highest BCUT2D eigenvalue weighted by Crippen LogP contribution is 2.07. The molecule has 190 valence electrons. The normalized spacial score (nSPS) is 14.5. The zero-order chi connectivity index (χ0) is 25.8. The Balaban J connectivity index is 2.92. The molecule has 0 aliphatic rings. The standard InChI is InChI=1S/C20H32N6O8/c1-10(2)5-14(20(33)34)25-18(31)13(6-11-7-22-9-23-11)24-19(32)15(8-27)26-17(30)12(21)3-4-16(28)29/h7,9-10,12-15,27H,3-6,8,21H2,1-2H3,(H,22,23)(H,24,32)(H,25,31)(H,26,30)(H,28,29)(H,33,34). The lowest BCUT2D eigenvalue weighted by atomic mass is 10.0. The van der Waals surface area contributed by atoms with E-state index in [-0.39, 0.29) is 31.6 Å². The largest absolute Gasteiger partial charge is 0.481 e. The third-order valence-corrected chi connectivity index (χ3v) is 4.76. The van der Waals surface area contributed by atoms with E-state index in [0.29, 0.717) is 5.69 Å². The second-order valence-electron chi connectivity index (χ2n) is 8.15. The van der Waals surface area contributed by atoms with E-state index in [1.165, 1.54) is 12.5 Å². The topological polar surface area (TPSA) is 237 Å². The van der Waals surface area contributed by atoms with Crippen LogP contribution in [-0.2, 0) is 30.4 Å². The molecule has 1 rings (SSSR count). The number of imidazole rings is 1. The molecular formula is C20H32N6O8. The maximum absolute atomic E-state index is 12.8. The molecule has 4 atom stereocenters. The summed E-state index contributed by atoms with van der Waals surface area (Å²) in [6.45, 7) is 2.76. The van der Waals surface area contributed by atoms with Crippen molar-refractivity contribution in [2.75, 3.05) is 6.61 Å². The fourth-order valence-corrected chi connectivity index (χ4v) is 2.95. The Bertz CT molecular complexity index is 844. The van der Waals surface area contributed by atoms with Gasteiger partial charge < -0.3 is 42.0 Å². The number of hydrogen-bond donors (Lipinski definition) is 8. The Morgan fingerprint density at radius 1 is 1.00 bits per heavy atom. The fraction of sp³-hybridized carbons (Fsp3) is 0.600. The number of amides is 3. The van der Waals surface area contributed by atoms with Crippen molar-refractivity contribution in [3.8, 4) is 0 Å². The number of aromatic amines is 1. The molecular weight excluding hydrogens is 452 g/mol. The summed E-state index contributed by atoms with van der Waals surface area (Å²) >= 11 is 0. The van der Waals surface area contributed by atoms with Crippen LogP contribution in [0.4, 0.5) is 0 Å². The van der Waals surface area contributed by atoms with Crippen LogP contribution in [0.2, 0.25) is 0 Å². The van der Waals surface area contributed by atoms with Crippen LogP contribution in [0.1, 0.15) is 38.8 Å². The van der Waals surface area contributed by atoms with Crippen molar-refractivity contribution in [1.29, 1.82) is 0 Å². The monoisotopic (exact) mass is 484 g/mol. The molecule has 14 nitrogen and oxygen atoms in total. The number of aliphatic hydroxyl groups excluding tert-OH is 1. The first-order valence-electron chi connectivity index (χ1n) is 10.6. The van der Waals surface area contributed by atoms with Crippen LogP contribution in [0.5, 0.6) is 0 Å². The van der Waals surface area contributed by atoms with Crippen molar-refractivity contribution < 1.29 is 39.3 Å². The van der Waals surface area contributed by atoms with Crippen molar-refractivity contribution in [3.63, 3.8) is 0 Å². The molecule has 0 saturated carbocycles. The second kappa shape index (κ2) is 13.9. The number of rotatable bonds is 15. The summed E-state index contributed by atoms with van der Waals surface area (Å²) in [5.74, 6) is -4.96. The van der Waals surface area contributed by atoms with E-state index in [4.69, 9.17) is 10.8 Å². The van der Waals surface area contributed by atoms with Gasteiger partial charge in [-0.15, -0.1) is 0 Å². The van der Waals surface area contributed by atoms with Gasteiger partial charge in [-0.3, -0.25) is 19.2 Å². The van der Waals surface area contributed by atoms with Gasteiger partial charge in [0.05, 0.1) is 19.0 Å². The molecule has 3 amide bonds. The third kappa shape index (κ3) is 9.95. The van der Waals surface area contributed by atoms with Crippen LogP contribution in [0.15, 0.2) is 12.5 Å². The zero-order valence-corrected chi connectivity index (χ0v) is 19.0. The van der Waals surface area contributed by atoms with Gasteiger partial charge in [0.2, 0.25) is 17.7 Å². The summed E-state index contributed by atoms with van der Waals surface area (Å²) < 4.78 is 0. The molecule has 0 radical (unpaired) electrons. The average molecular weight is 485 g/mol. The van der Waals surface area contributed by atoms with E-state index in [9.17, 15) is 34.2 Å². The number of carboxylic acids is 2. The maximum atomic E-state index is 12.8. The first kappa shape index (κ1) is 28.5. The lowest BCUT2D eigenvalue weighted by Gasteiger charge is -2.24. The lowest BCUT2D eigenvalue weighted by molar-refractivity contribution is -0.143. The number of hydrogen-bond acceptors (Lipinski definition) is 8. The van der Waals surface area contributed by atoms with Crippen molar-refractivity contribution >= 4 is 29.7 Å². The van der Waals surface area contributed by atoms with Gasteiger partial charge in [-0.2, -0.15) is 0 Å². The quantitative estimate of drug-likeness (QED) is 0.133. The minimum atomic E-state index is -1.48. The predicted molar refractivity (Wildman–Crippen MR) is 117 cm³/mol. The summed E-state index contributed by atoms with van der Waals surface area (Å²) in [6.07, 6.45) is 2.32. The molecule has 9 N–H and O–H groups in total. The lowest BCUT2D eigenvalue weighted by Crippen LogP contribution is -2.58. The Labute approximate surface area is 195 Å². The summed E-state index contributed by atoms with van der Waals surface area (Å²) in [5.41, 5.74) is 6.08. The average Bonchev–Trinajstić information content (AvgIpc) is 3.27. The van der Waals surface area contributed by atoms with Gasteiger partial charge >= 0.3 is 11.9 Å². The molecule has 0 aliphatic heterocycles. The Morgan fingerprint density at radius 3 is 2.09 bits per heavy atom. The van der Waals surface area contributed by atoms with Gasteiger partial charge in [0.15, 0.2) is 0 Å². The molecule has 14 heteroatoms. The summed E-state index contributed by atoms with van der Waals surface area (Å²) in [7, 11) is 0. The van der Waals surface area contributed by atoms with Gasteiger partial charge in [-0.25, -0.2) is 9.78 Å². The summed E-state index contributed by atoms with van der Waals surface area (Å²) in [6, 6.07) is -5.15. The van der Waals surface area contributed by atoms with Crippen molar-refractivity contribution in [1.82, 2.24) is 25.9 Å². The van der Waals surface area contributed by atoms with Gasteiger partial charge in [0.1, 0.15) is 18.1 Å². The Hall–Kier alpha value is -3.52. The van der Waals surface area contributed by atoms with Crippen molar-refractivity contribution in [2.24, 2.45) is 11.7 Å². The van der Waals surface area contributed by atoms with E-state index < -0.39 is 60.4 Å². The number of nitrogens with zero attached hydrogens (tertiary/aromatic N) is 1. The number of aliphatic hydroxyl groups is 1. The minimum absolute atomic E-state index is 0.0265. The van der Waals surface area contributed by atoms with Crippen LogP contribution < -0.4 is 21.7 Å². The van der Waals surface area contributed by atoms with Crippen molar-refractivity contribution in [2.45, 2.75) is 63.7 Å². The fourth-order valence-electron chi connectivity index (χ4n) is 2.95. The smallest absolute Gasteiger partial charge is 0.326 e. The molecule has 34 heavy (non-hydrogen) atoms. The number of nitrogens with two attached hydrogens (primary N) is 1. The predicted octanol–water partition coefficient (Wildman–Crippen LogP) is -2.28. The van der Waals surface area contributed by atoms with E-state index in [0.717, 1.165) is 0 Å². The van der Waals surface area contributed by atoms with E-state index >= 15 is 0 Å². The van der Waals surface area contributed by atoms with Crippen LogP contribution in [0.3, 0.4) is 0 Å². The first-order valence-corrected chi connectivity index (χ1v) is 10.6. The van der Waals surface area contributed by atoms with Gasteiger partial charge in [-0.05, 0) is 18.8 Å².